The number of nitrogens with one attached hydrogen (secondary N) is 1. The smallest absolute Gasteiger partial charge is 0.0466 e. The molecule has 1 unspecified atom stereocenters. The minimum Gasteiger partial charge on any atom is -0.382 e. The second-order valence-corrected chi connectivity index (χ2v) is 5.37. The number of rotatable bonds is 10. The summed E-state index contributed by atoms with van der Waals surface area (Å²) < 4.78 is 5.32. The van der Waals surface area contributed by atoms with Crippen molar-refractivity contribution in [1.82, 2.24) is 10.2 Å². The minimum absolute atomic E-state index is 0.848. The average molecular weight is 256 g/mol. The molecule has 1 heterocycles. The van der Waals surface area contributed by atoms with Crippen LogP contribution in [0, 0.1) is 5.92 Å². The van der Waals surface area contributed by atoms with Crippen molar-refractivity contribution in [2.75, 3.05) is 45.9 Å². The summed E-state index contributed by atoms with van der Waals surface area (Å²) in [5.41, 5.74) is 0. The molecule has 1 aliphatic rings. The number of likely N-dealkylation sites (tertiary alicyclic amines) is 1. The molecule has 0 spiro atoms. The van der Waals surface area contributed by atoms with Gasteiger partial charge in [0.05, 0.1) is 0 Å². The summed E-state index contributed by atoms with van der Waals surface area (Å²) in [4.78, 5) is 2.63. The van der Waals surface area contributed by atoms with Crippen molar-refractivity contribution in [3.63, 3.8) is 0 Å². The Labute approximate surface area is 113 Å². The third-order valence-electron chi connectivity index (χ3n) is 3.88. The molecule has 0 aromatic rings. The van der Waals surface area contributed by atoms with E-state index in [0.717, 1.165) is 32.2 Å². The zero-order valence-electron chi connectivity index (χ0n) is 12.4. The van der Waals surface area contributed by atoms with Gasteiger partial charge in [0.1, 0.15) is 0 Å². The maximum Gasteiger partial charge on any atom is 0.0466 e. The second kappa shape index (κ2) is 10.8. The summed E-state index contributed by atoms with van der Waals surface area (Å²) in [5.74, 6) is 0.949. The molecule has 0 aromatic heterocycles. The van der Waals surface area contributed by atoms with Crippen LogP contribution in [-0.4, -0.2) is 50.8 Å². The summed E-state index contributed by atoms with van der Waals surface area (Å²) >= 11 is 0. The van der Waals surface area contributed by atoms with Crippen molar-refractivity contribution in [1.29, 1.82) is 0 Å². The molecule has 1 aliphatic heterocycles. The lowest BCUT2D eigenvalue weighted by Crippen LogP contribution is -2.39. The predicted octanol–water partition coefficient (Wildman–Crippen LogP) is 2.51. The highest BCUT2D eigenvalue weighted by Gasteiger charge is 2.17. The first-order chi connectivity index (χ1) is 8.86. The van der Waals surface area contributed by atoms with E-state index in [1.165, 1.54) is 51.7 Å². The van der Waals surface area contributed by atoms with Gasteiger partial charge in [0.25, 0.3) is 0 Å². The number of unbranched alkanes of at least 4 members (excludes halogenated alkanes) is 1. The molecule has 3 heteroatoms. The van der Waals surface area contributed by atoms with Crippen molar-refractivity contribution in [3.05, 3.63) is 0 Å². The van der Waals surface area contributed by atoms with Gasteiger partial charge in [-0.05, 0) is 51.6 Å². The fraction of sp³-hybridized carbons (Fsp3) is 1.00. The van der Waals surface area contributed by atoms with Gasteiger partial charge in [0, 0.05) is 32.8 Å². The predicted molar refractivity (Wildman–Crippen MR) is 78.1 cm³/mol. The van der Waals surface area contributed by atoms with Gasteiger partial charge < -0.3 is 15.0 Å². The Morgan fingerprint density at radius 3 is 2.89 bits per heavy atom. The molecule has 1 N–H and O–H groups in total. The third-order valence-corrected chi connectivity index (χ3v) is 3.88. The Kier molecular flexibility index (Phi) is 9.54. The maximum atomic E-state index is 5.32. The Bertz CT molecular complexity index is 187. The maximum absolute atomic E-state index is 5.32. The average Bonchev–Trinajstić information content (AvgIpc) is 2.42. The lowest BCUT2D eigenvalue weighted by Gasteiger charge is -2.32. The van der Waals surface area contributed by atoms with Gasteiger partial charge in [0.2, 0.25) is 0 Å². The molecule has 0 bridgehead atoms. The molecule has 0 amide bonds. The molecular weight excluding hydrogens is 224 g/mol. The molecule has 1 fully saturated rings. The number of ether oxygens (including phenoxy) is 1. The highest BCUT2D eigenvalue weighted by atomic mass is 16.5. The summed E-state index contributed by atoms with van der Waals surface area (Å²) in [6.07, 6.45) is 6.60. The van der Waals surface area contributed by atoms with E-state index in [4.69, 9.17) is 4.74 Å². The zero-order chi connectivity index (χ0) is 13.1. The Hall–Kier alpha value is -0.120. The lowest BCUT2D eigenvalue weighted by molar-refractivity contribution is 0.143. The monoisotopic (exact) mass is 256 g/mol. The van der Waals surface area contributed by atoms with Crippen molar-refractivity contribution < 1.29 is 4.74 Å². The van der Waals surface area contributed by atoms with Gasteiger partial charge in [-0.25, -0.2) is 0 Å². The largest absolute Gasteiger partial charge is 0.382 e. The van der Waals surface area contributed by atoms with Crippen LogP contribution >= 0.6 is 0 Å². The first kappa shape index (κ1) is 15.9. The summed E-state index contributed by atoms with van der Waals surface area (Å²) in [6.45, 7) is 12.3. The Balaban J connectivity index is 1.88. The van der Waals surface area contributed by atoms with E-state index in [-0.39, 0.29) is 0 Å². The van der Waals surface area contributed by atoms with Crippen molar-refractivity contribution in [2.24, 2.45) is 5.92 Å². The van der Waals surface area contributed by atoms with Gasteiger partial charge in [-0.3, -0.25) is 0 Å². The van der Waals surface area contributed by atoms with Crippen molar-refractivity contribution in [3.8, 4) is 0 Å². The Morgan fingerprint density at radius 2 is 2.11 bits per heavy atom. The number of piperidine rings is 1. The van der Waals surface area contributed by atoms with Gasteiger partial charge >= 0.3 is 0 Å². The van der Waals surface area contributed by atoms with Gasteiger partial charge in [-0.2, -0.15) is 0 Å². The highest BCUT2D eigenvalue weighted by molar-refractivity contribution is 4.72. The van der Waals surface area contributed by atoms with Crippen LogP contribution in [0.1, 0.15) is 46.0 Å². The molecule has 3 nitrogen and oxygen atoms in total. The molecule has 0 aliphatic carbocycles. The molecule has 108 valence electrons. The number of hydrogen-bond donors (Lipinski definition) is 1. The topological polar surface area (TPSA) is 24.5 Å². The van der Waals surface area contributed by atoms with Crippen LogP contribution in [0.15, 0.2) is 0 Å². The normalized spacial score (nSPS) is 21.3. The van der Waals surface area contributed by atoms with E-state index in [9.17, 15) is 0 Å². The molecule has 1 atom stereocenters. The van der Waals surface area contributed by atoms with E-state index in [0.29, 0.717) is 0 Å². The standard InChI is InChI=1S/C15H32N2O/c1-3-15-8-7-11-17(14-15)12-10-16-9-5-6-13-18-4-2/h15-16H,3-14H2,1-2H3. The molecule has 0 aromatic carbocycles. The van der Waals surface area contributed by atoms with E-state index in [1.54, 1.807) is 0 Å². The molecule has 0 saturated carbocycles. The fourth-order valence-corrected chi connectivity index (χ4v) is 2.65. The molecular formula is C15H32N2O. The summed E-state index contributed by atoms with van der Waals surface area (Å²) in [7, 11) is 0. The minimum atomic E-state index is 0.848. The highest BCUT2D eigenvalue weighted by Crippen LogP contribution is 2.18. The van der Waals surface area contributed by atoms with Crippen LogP contribution in [0.2, 0.25) is 0 Å². The van der Waals surface area contributed by atoms with Crippen LogP contribution in [0.5, 0.6) is 0 Å². The van der Waals surface area contributed by atoms with Gasteiger partial charge in [-0.15, -0.1) is 0 Å². The van der Waals surface area contributed by atoms with E-state index in [1.807, 2.05) is 0 Å². The van der Waals surface area contributed by atoms with Crippen LogP contribution in [0.25, 0.3) is 0 Å². The van der Waals surface area contributed by atoms with E-state index in [2.05, 4.69) is 24.1 Å². The molecule has 0 radical (unpaired) electrons. The first-order valence-electron chi connectivity index (χ1n) is 7.87. The van der Waals surface area contributed by atoms with Crippen LogP contribution in [0.3, 0.4) is 0 Å². The Morgan fingerprint density at radius 1 is 1.22 bits per heavy atom. The first-order valence-corrected chi connectivity index (χ1v) is 7.87. The summed E-state index contributed by atoms with van der Waals surface area (Å²) in [5, 5.41) is 3.55. The van der Waals surface area contributed by atoms with Crippen molar-refractivity contribution >= 4 is 0 Å². The van der Waals surface area contributed by atoms with Gasteiger partial charge in [0.15, 0.2) is 0 Å². The second-order valence-electron chi connectivity index (χ2n) is 5.37. The zero-order valence-corrected chi connectivity index (χ0v) is 12.4. The van der Waals surface area contributed by atoms with Crippen molar-refractivity contribution in [2.45, 2.75) is 46.0 Å². The van der Waals surface area contributed by atoms with Crippen LogP contribution in [0.4, 0.5) is 0 Å². The lowest BCUT2D eigenvalue weighted by atomic mass is 9.96. The molecule has 1 saturated heterocycles. The van der Waals surface area contributed by atoms with Gasteiger partial charge in [-0.1, -0.05) is 13.3 Å². The van der Waals surface area contributed by atoms with E-state index < -0.39 is 0 Å². The quantitative estimate of drug-likeness (QED) is 0.608. The number of nitrogens with zero attached hydrogens (tertiary/aromatic N) is 1. The van der Waals surface area contributed by atoms with Crippen LogP contribution in [-0.2, 0) is 4.74 Å². The SMILES string of the molecule is CCOCCCCNCCN1CCCC(CC)C1. The fourth-order valence-electron chi connectivity index (χ4n) is 2.65. The number of hydrogen-bond acceptors (Lipinski definition) is 3. The van der Waals surface area contributed by atoms with E-state index >= 15 is 0 Å². The molecule has 18 heavy (non-hydrogen) atoms. The third kappa shape index (κ3) is 7.34. The molecule has 1 rings (SSSR count). The van der Waals surface area contributed by atoms with Crippen LogP contribution < -0.4 is 5.32 Å². The summed E-state index contributed by atoms with van der Waals surface area (Å²) in [6, 6.07) is 0.